The lowest BCUT2D eigenvalue weighted by molar-refractivity contribution is 0.0526. The summed E-state index contributed by atoms with van der Waals surface area (Å²) in [6.07, 6.45) is 4.11. The standard InChI is InChI=1S/C24H29N5O2/c1-4-31-22(30)19-9-11-20(12-10-19)29-23(26-27-28-29)24(15-13-17(2)14-16-24)25-21-8-6-5-7-18(21)3/h5-12,17,25H,4,13-16H2,1-3H3. The Balaban J connectivity index is 1.70. The lowest BCUT2D eigenvalue weighted by Crippen LogP contribution is -2.41. The molecule has 0 saturated heterocycles. The molecule has 0 amide bonds. The number of nitrogens with zero attached hydrogens (tertiary/aromatic N) is 4. The fraction of sp³-hybridized carbons (Fsp3) is 0.417. The number of nitrogens with one attached hydrogen (secondary N) is 1. The molecular formula is C24H29N5O2. The van der Waals surface area contributed by atoms with Crippen LogP contribution in [0.15, 0.2) is 48.5 Å². The zero-order valence-electron chi connectivity index (χ0n) is 18.3. The maximum atomic E-state index is 12.0. The number of hydrogen-bond acceptors (Lipinski definition) is 6. The Hall–Kier alpha value is -3.22. The van der Waals surface area contributed by atoms with Crippen molar-refractivity contribution in [3.8, 4) is 5.69 Å². The number of aromatic nitrogens is 4. The number of benzene rings is 2. The Morgan fingerprint density at radius 1 is 1.16 bits per heavy atom. The van der Waals surface area contributed by atoms with E-state index < -0.39 is 0 Å². The van der Waals surface area contributed by atoms with Crippen LogP contribution in [0, 0.1) is 12.8 Å². The van der Waals surface area contributed by atoms with E-state index >= 15 is 0 Å². The van der Waals surface area contributed by atoms with Gasteiger partial charge in [-0.3, -0.25) is 0 Å². The predicted molar refractivity (Wildman–Crippen MR) is 119 cm³/mol. The van der Waals surface area contributed by atoms with Gasteiger partial charge in [-0.05, 0) is 91.8 Å². The van der Waals surface area contributed by atoms with Crippen molar-refractivity contribution < 1.29 is 9.53 Å². The molecule has 1 heterocycles. The summed E-state index contributed by atoms with van der Waals surface area (Å²) in [5, 5.41) is 16.6. The molecule has 162 valence electrons. The number of carbonyl (C=O) groups excluding carboxylic acids is 1. The first-order valence-electron chi connectivity index (χ1n) is 10.9. The number of rotatable bonds is 6. The Kier molecular flexibility index (Phi) is 6.02. The van der Waals surface area contributed by atoms with E-state index in [9.17, 15) is 4.79 Å². The first-order valence-corrected chi connectivity index (χ1v) is 10.9. The number of hydrogen-bond donors (Lipinski definition) is 1. The average molecular weight is 420 g/mol. The Bertz CT molecular complexity index is 1040. The lowest BCUT2D eigenvalue weighted by Gasteiger charge is -2.40. The van der Waals surface area contributed by atoms with Crippen molar-refractivity contribution in [3.63, 3.8) is 0 Å². The topological polar surface area (TPSA) is 81.9 Å². The number of tetrazole rings is 1. The molecule has 0 bridgehead atoms. The van der Waals surface area contributed by atoms with Crippen molar-refractivity contribution in [3.05, 3.63) is 65.5 Å². The maximum absolute atomic E-state index is 12.0. The van der Waals surface area contributed by atoms with Gasteiger partial charge in [0.15, 0.2) is 5.82 Å². The van der Waals surface area contributed by atoms with Gasteiger partial charge in [0.25, 0.3) is 0 Å². The molecule has 0 spiro atoms. The number of ether oxygens (including phenoxy) is 1. The van der Waals surface area contributed by atoms with Crippen LogP contribution in [0.25, 0.3) is 5.69 Å². The zero-order valence-corrected chi connectivity index (χ0v) is 18.3. The van der Waals surface area contributed by atoms with Crippen LogP contribution < -0.4 is 5.32 Å². The molecule has 7 heteroatoms. The van der Waals surface area contributed by atoms with E-state index in [0.717, 1.165) is 42.9 Å². The second-order valence-electron chi connectivity index (χ2n) is 8.39. The smallest absolute Gasteiger partial charge is 0.338 e. The van der Waals surface area contributed by atoms with Crippen molar-refractivity contribution in [2.24, 2.45) is 5.92 Å². The third-order valence-electron chi connectivity index (χ3n) is 6.17. The van der Waals surface area contributed by atoms with Crippen molar-refractivity contribution in [1.82, 2.24) is 20.2 Å². The first kappa shape index (κ1) is 21.0. The molecule has 0 radical (unpaired) electrons. The summed E-state index contributed by atoms with van der Waals surface area (Å²) in [6.45, 7) is 6.56. The normalized spacial score (nSPS) is 20.9. The van der Waals surface area contributed by atoms with Crippen molar-refractivity contribution >= 4 is 11.7 Å². The fourth-order valence-electron chi connectivity index (χ4n) is 4.24. The van der Waals surface area contributed by atoms with Gasteiger partial charge in [-0.1, -0.05) is 25.1 Å². The molecular weight excluding hydrogens is 390 g/mol. The van der Waals surface area contributed by atoms with E-state index in [1.165, 1.54) is 5.56 Å². The largest absolute Gasteiger partial charge is 0.462 e. The van der Waals surface area contributed by atoms with Gasteiger partial charge in [-0.2, -0.15) is 4.68 Å². The SMILES string of the molecule is CCOC(=O)c1ccc(-n2nnnc2C2(Nc3ccccc3C)CCC(C)CC2)cc1. The van der Waals surface area contributed by atoms with Crippen LogP contribution >= 0.6 is 0 Å². The highest BCUT2D eigenvalue weighted by Gasteiger charge is 2.41. The predicted octanol–water partition coefficient (Wildman–Crippen LogP) is 4.66. The molecule has 31 heavy (non-hydrogen) atoms. The van der Waals surface area contributed by atoms with E-state index in [0.29, 0.717) is 18.1 Å². The summed E-state index contributed by atoms with van der Waals surface area (Å²) in [7, 11) is 0. The molecule has 0 atom stereocenters. The number of carbonyl (C=O) groups is 1. The lowest BCUT2D eigenvalue weighted by atomic mass is 9.76. The highest BCUT2D eigenvalue weighted by Crippen LogP contribution is 2.42. The molecule has 1 fully saturated rings. The highest BCUT2D eigenvalue weighted by atomic mass is 16.5. The van der Waals surface area contributed by atoms with Crippen LogP contribution in [0.5, 0.6) is 0 Å². The maximum Gasteiger partial charge on any atom is 0.338 e. The molecule has 0 unspecified atom stereocenters. The average Bonchev–Trinajstić information content (AvgIpc) is 3.28. The number of para-hydroxylation sites is 1. The van der Waals surface area contributed by atoms with Crippen LogP contribution in [0.2, 0.25) is 0 Å². The van der Waals surface area contributed by atoms with Gasteiger partial charge in [0.2, 0.25) is 0 Å². The fourth-order valence-corrected chi connectivity index (χ4v) is 4.24. The minimum Gasteiger partial charge on any atom is -0.462 e. The third-order valence-corrected chi connectivity index (χ3v) is 6.17. The third kappa shape index (κ3) is 4.31. The molecule has 0 aliphatic heterocycles. The molecule has 1 N–H and O–H groups in total. The van der Waals surface area contributed by atoms with E-state index in [1.54, 1.807) is 23.7 Å². The van der Waals surface area contributed by atoms with Crippen LogP contribution in [0.4, 0.5) is 5.69 Å². The summed E-state index contributed by atoms with van der Waals surface area (Å²) >= 11 is 0. The first-order chi connectivity index (χ1) is 15.0. The Labute approximate surface area is 182 Å². The van der Waals surface area contributed by atoms with Crippen LogP contribution in [0.1, 0.15) is 61.3 Å². The van der Waals surface area contributed by atoms with Crippen molar-refractivity contribution in [2.45, 2.75) is 52.0 Å². The van der Waals surface area contributed by atoms with Gasteiger partial charge in [-0.25, -0.2) is 4.79 Å². The molecule has 1 aliphatic rings. The minimum atomic E-state index is -0.359. The molecule has 1 saturated carbocycles. The van der Waals surface area contributed by atoms with Crippen molar-refractivity contribution in [1.29, 1.82) is 0 Å². The van der Waals surface area contributed by atoms with E-state index in [2.05, 4.69) is 46.8 Å². The Morgan fingerprint density at radius 3 is 2.55 bits per heavy atom. The number of aryl methyl sites for hydroxylation is 1. The van der Waals surface area contributed by atoms with Crippen molar-refractivity contribution in [2.75, 3.05) is 11.9 Å². The van der Waals surface area contributed by atoms with Crippen LogP contribution in [-0.2, 0) is 10.3 Å². The molecule has 1 aromatic heterocycles. The summed E-state index contributed by atoms with van der Waals surface area (Å²) in [5.41, 5.74) is 3.27. The summed E-state index contributed by atoms with van der Waals surface area (Å²) in [6, 6.07) is 15.5. The van der Waals surface area contributed by atoms with Gasteiger partial charge in [0, 0.05) is 5.69 Å². The molecule has 7 nitrogen and oxygen atoms in total. The Morgan fingerprint density at radius 2 is 1.87 bits per heavy atom. The monoisotopic (exact) mass is 419 g/mol. The van der Waals surface area contributed by atoms with E-state index in [1.807, 2.05) is 24.3 Å². The van der Waals surface area contributed by atoms with Gasteiger partial charge in [-0.15, -0.1) is 5.10 Å². The van der Waals surface area contributed by atoms with Gasteiger partial charge < -0.3 is 10.1 Å². The molecule has 3 aromatic rings. The van der Waals surface area contributed by atoms with Crippen LogP contribution in [-0.4, -0.2) is 32.8 Å². The number of anilines is 1. The summed E-state index contributed by atoms with van der Waals surface area (Å²) < 4.78 is 6.87. The molecule has 4 rings (SSSR count). The molecule has 1 aliphatic carbocycles. The van der Waals surface area contributed by atoms with Crippen LogP contribution in [0.3, 0.4) is 0 Å². The second-order valence-corrected chi connectivity index (χ2v) is 8.39. The number of esters is 1. The van der Waals surface area contributed by atoms with E-state index in [-0.39, 0.29) is 11.5 Å². The zero-order chi connectivity index (χ0) is 21.8. The van der Waals surface area contributed by atoms with Gasteiger partial charge in [0.1, 0.15) is 0 Å². The summed E-state index contributed by atoms with van der Waals surface area (Å²) in [4.78, 5) is 12.0. The van der Waals surface area contributed by atoms with Gasteiger partial charge >= 0.3 is 5.97 Å². The van der Waals surface area contributed by atoms with Gasteiger partial charge in [0.05, 0.1) is 23.4 Å². The minimum absolute atomic E-state index is 0.329. The second kappa shape index (κ2) is 8.88. The quantitative estimate of drug-likeness (QED) is 0.585. The highest BCUT2D eigenvalue weighted by molar-refractivity contribution is 5.89. The molecule has 2 aromatic carbocycles. The van der Waals surface area contributed by atoms with E-state index in [4.69, 9.17) is 4.74 Å². The summed E-state index contributed by atoms with van der Waals surface area (Å²) in [5.74, 6) is 1.15.